The third-order valence-electron chi connectivity index (χ3n) is 2.42. The fourth-order valence-electron chi connectivity index (χ4n) is 1.50. The molecule has 4 heteroatoms. The Morgan fingerprint density at radius 3 is 2.50 bits per heavy atom. The number of hydrogen-bond acceptors (Lipinski definition) is 2. The smallest absolute Gasteiger partial charge is 0.220 e. The summed E-state index contributed by atoms with van der Waals surface area (Å²) in [6.07, 6.45) is 1.34. The highest BCUT2D eigenvalue weighted by Crippen LogP contribution is 2.04. The van der Waals surface area contributed by atoms with Crippen LogP contribution < -0.4 is 5.32 Å². The first-order valence-electron chi connectivity index (χ1n) is 6.42. The molecule has 0 aliphatic rings. The summed E-state index contributed by atoms with van der Waals surface area (Å²) in [7, 11) is -1.43. The Balaban J connectivity index is 2.11. The van der Waals surface area contributed by atoms with Crippen molar-refractivity contribution in [3.05, 3.63) is 35.9 Å². The first kappa shape index (κ1) is 14.9. The van der Waals surface area contributed by atoms with Crippen molar-refractivity contribution < 1.29 is 9.22 Å². The summed E-state index contributed by atoms with van der Waals surface area (Å²) in [4.78, 5) is 11.6. The van der Waals surface area contributed by atoms with E-state index in [9.17, 15) is 4.79 Å². The summed E-state index contributed by atoms with van der Waals surface area (Å²) >= 11 is 0. The van der Waals surface area contributed by atoms with Crippen molar-refractivity contribution in [3.63, 3.8) is 0 Å². The van der Waals surface area contributed by atoms with Crippen LogP contribution >= 0.6 is 0 Å². The number of carbonyl (C=O) groups excluding carboxylic acids is 1. The van der Waals surface area contributed by atoms with Gasteiger partial charge >= 0.3 is 0 Å². The van der Waals surface area contributed by atoms with E-state index < -0.39 is 8.32 Å². The number of benzene rings is 1. The Bertz CT molecular complexity index is 360. The van der Waals surface area contributed by atoms with Crippen LogP contribution in [-0.2, 0) is 15.8 Å². The second kappa shape index (κ2) is 7.33. The summed E-state index contributed by atoms with van der Waals surface area (Å²) in [5.74, 6) is 0.0954. The molecular formula is C14H23NO2Si. The third-order valence-corrected chi connectivity index (χ3v) is 3.49. The van der Waals surface area contributed by atoms with E-state index in [2.05, 4.69) is 25.0 Å². The number of hydrogen-bond donors (Lipinski definition) is 1. The van der Waals surface area contributed by atoms with E-state index in [1.165, 1.54) is 0 Å². The van der Waals surface area contributed by atoms with E-state index in [1.54, 1.807) is 0 Å². The summed E-state index contributed by atoms with van der Waals surface area (Å²) in [5.41, 5.74) is 1.13. The van der Waals surface area contributed by atoms with Gasteiger partial charge in [0, 0.05) is 19.6 Å². The summed E-state index contributed by atoms with van der Waals surface area (Å²) < 4.78 is 5.70. The normalized spacial score (nSPS) is 11.3. The molecule has 1 rings (SSSR count). The van der Waals surface area contributed by atoms with Crippen LogP contribution in [0.15, 0.2) is 30.3 Å². The van der Waals surface area contributed by atoms with Crippen LogP contribution in [0.25, 0.3) is 0 Å². The molecule has 0 saturated carbocycles. The zero-order valence-corrected chi connectivity index (χ0v) is 12.5. The van der Waals surface area contributed by atoms with Gasteiger partial charge in [-0.3, -0.25) is 4.79 Å². The molecule has 1 aromatic rings. The molecule has 18 heavy (non-hydrogen) atoms. The second-order valence-electron chi connectivity index (χ2n) is 5.33. The molecule has 1 amide bonds. The molecule has 0 aliphatic carbocycles. The zero-order chi connectivity index (χ0) is 13.4. The Kier molecular flexibility index (Phi) is 6.08. The lowest BCUT2D eigenvalue weighted by atomic mass is 10.2. The van der Waals surface area contributed by atoms with Crippen LogP contribution in [-0.4, -0.2) is 20.8 Å². The standard InChI is InChI=1S/C14H23NO2Si/c1-18(2,3)17-11-7-10-14(16)15-12-13-8-5-4-6-9-13/h4-6,8-9H,7,10-12H2,1-3H3,(H,15,16). The van der Waals surface area contributed by atoms with Crippen molar-refractivity contribution in [1.29, 1.82) is 0 Å². The Hall–Kier alpha value is -1.13. The van der Waals surface area contributed by atoms with Gasteiger partial charge in [-0.2, -0.15) is 0 Å². The molecule has 1 aromatic carbocycles. The molecule has 0 fully saturated rings. The van der Waals surface area contributed by atoms with Gasteiger partial charge in [-0.1, -0.05) is 30.3 Å². The minimum Gasteiger partial charge on any atom is -0.418 e. The van der Waals surface area contributed by atoms with Crippen molar-refractivity contribution in [3.8, 4) is 0 Å². The van der Waals surface area contributed by atoms with E-state index in [1.807, 2.05) is 30.3 Å². The maximum Gasteiger partial charge on any atom is 0.220 e. The quantitative estimate of drug-likeness (QED) is 0.608. The Morgan fingerprint density at radius 1 is 1.22 bits per heavy atom. The minimum atomic E-state index is -1.43. The van der Waals surface area contributed by atoms with Gasteiger partial charge in [-0.15, -0.1) is 0 Å². The van der Waals surface area contributed by atoms with E-state index in [-0.39, 0.29) is 5.91 Å². The van der Waals surface area contributed by atoms with Crippen LogP contribution in [0.4, 0.5) is 0 Å². The van der Waals surface area contributed by atoms with Gasteiger partial charge in [0.15, 0.2) is 8.32 Å². The van der Waals surface area contributed by atoms with Crippen LogP contribution in [0.5, 0.6) is 0 Å². The van der Waals surface area contributed by atoms with Gasteiger partial charge < -0.3 is 9.74 Å². The van der Waals surface area contributed by atoms with Gasteiger partial charge in [0.2, 0.25) is 5.91 Å². The highest BCUT2D eigenvalue weighted by Gasteiger charge is 2.13. The largest absolute Gasteiger partial charge is 0.418 e. The predicted octanol–water partition coefficient (Wildman–Crippen LogP) is 2.93. The van der Waals surface area contributed by atoms with Crippen molar-refractivity contribution in [2.24, 2.45) is 0 Å². The van der Waals surface area contributed by atoms with Crippen LogP contribution in [0.1, 0.15) is 18.4 Å². The van der Waals surface area contributed by atoms with Crippen LogP contribution in [0.2, 0.25) is 19.6 Å². The topological polar surface area (TPSA) is 38.3 Å². The van der Waals surface area contributed by atoms with E-state index in [4.69, 9.17) is 4.43 Å². The van der Waals surface area contributed by atoms with Gasteiger partial charge in [0.05, 0.1) is 0 Å². The predicted molar refractivity (Wildman–Crippen MR) is 76.8 cm³/mol. The first-order chi connectivity index (χ1) is 8.47. The Labute approximate surface area is 111 Å². The molecule has 0 aromatic heterocycles. The molecule has 100 valence electrons. The molecule has 0 saturated heterocycles. The van der Waals surface area contributed by atoms with Crippen LogP contribution in [0.3, 0.4) is 0 Å². The highest BCUT2D eigenvalue weighted by atomic mass is 28.4. The molecule has 0 spiro atoms. The maximum atomic E-state index is 11.6. The van der Waals surface area contributed by atoms with E-state index in [0.717, 1.165) is 12.0 Å². The fraction of sp³-hybridized carbons (Fsp3) is 0.500. The lowest BCUT2D eigenvalue weighted by molar-refractivity contribution is -0.121. The molecule has 0 radical (unpaired) electrons. The molecular weight excluding hydrogens is 242 g/mol. The van der Waals surface area contributed by atoms with Gasteiger partial charge in [-0.05, 0) is 31.6 Å². The van der Waals surface area contributed by atoms with Gasteiger partial charge in [0.1, 0.15) is 0 Å². The van der Waals surface area contributed by atoms with Gasteiger partial charge in [0.25, 0.3) is 0 Å². The average Bonchev–Trinajstić information content (AvgIpc) is 2.32. The van der Waals surface area contributed by atoms with Crippen molar-refractivity contribution in [2.75, 3.05) is 6.61 Å². The summed E-state index contributed by atoms with van der Waals surface area (Å²) in [6.45, 7) is 7.76. The van der Waals surface area contributed by atoms with E-state index in [0.29, 0.717) is 19.6 Å². The molecule has 0 aliphatic heterocycles. The number of nitrogens with one attached hydrogen (secondary N) is 1. The highest BCUT2D eigenvalue weighted by molar-refractivity contribution is 6.69. The molecule has 1 N–H and O–H groups in total. The average molecular weight is 265 g/mol. The van der Waals surface area contributed by atoms with Gasteiger partial charge in [-0.25, -0.2) is 0 Å². The lowest BCUT2D eigenvalue weighted by Crippen LogP contribution is -2.27. The number of carbonyl (C=O) groups is 1. The number of rotatable bonds is 7. The van der Waals surface area contributed by atoms with Crippen molar-refractivity contribution in [2.45, 2.75) is 39.0 Å². The van der Waals surface area contributed by atoms with Crippen LogP contribution in [0, 0.1) is 0 Å². The zero-order valence-electron chi connectivity index (χ0n) is 11.5. The molecule has 0 heterocycles. The summed E-state index contributed by atoms with van der Waals surface area (Å²) in [5, 5.41) is 2.91. The monoisotopic (exact) mass is 265 g/mol. The molecule has 3 nitrogen and oxygen atoms in total. The fourth-order valence-corrected chi connectivity index (χ4v) is 2.25. The SMILES string of the molecule is C[Si](C)(C)OCCCC(=O)NCc1ccccc1. The van der Waals surface area contributed by atoms with Crippen molar-refractivity contribution in [1.82, 2.24) is 5.32 Å². The number of amides is 1. The Morgan fingerprint density at radius 2 is 1.89 bits per heavy atom. The van der Waals surface area contributed by atoms with Crippen molar-refractivity contribution >= 4 is 14.2 Å². The molecule has 0 unspecified atom stereocenters. The third kappa shape index (κ3) is 7.24. The minimum absolute atomic E-state index is 0.0954. The first-order valence-corrected chi connectivity index (χ1v) is 9.83. The van der Waals surface area contributed by atoms with E-state index >= 15 is 0 Å². The summed E-state index contributed by atoms with van der Waals surface area (Å²) in [6, 6.07) is 9.94. The molecule has 0 bridgehead atoms. The second-order valence-corrected chi connectivity index (χ2v) is 9.84. The molecule has 0 atom stereocenters. The lowest BCUT2D eigenvalue weighted by Gasteiger charge is -2.16. The maximum absolute atomic E-state index is 11.6.